The predicted molar refractivity (Wildman–Crippen MR) is 124 cm³/mol. The van der Waals surface area contributed by atoms with Crippen molar-refractivity contribution in [3.8, 4) is 5.69 Å². The van der Waals surface area contributed by atoms with Crippen LogP contribution in [0.25, 0.3) is 16.6 Å². The summed E-state index contributed by atoms with van der Waals surface area (Å²) < 4.78 is 14.8. The summed E-state index contributed by atoms with van der Waals surface area (Å²) in [6.45, 7) is 1.60. The summed E-state index contributed by atoms with van der Waals surface area (Å²) in [6, 6.07) is 18.0. The average Bonchev–Trinajstić information content (AvgIpc) is 2.80. The maximum Gasteiger partial charge on any atom is 0.292 e. The highest BCUT2D eigenvalue weighted by atomic mass is 32.2. The predicted octanol–water partition coefficient (Wildman–Crippen LogP) is 4.55. The molecule has 10 heteroatoms. The zero-order valence-electron chi connectivity index (χ0n) is 17.3. The number of halogens is 1. The van der Waals surface area contributed by atoms with Crippen molar-refractivity contribution in [2.45, 2.75) is 17.3 Å². The van der Waals surface area contributed by atoms with E-state index in [0.717, 1.165) is 11.8 Å². The quantitative estimate of drug-likeness (QED) is 0.194. The maximum atomic E-state index is 13.5. The molecule has 0 saturated heterocycles. The molecule has 0 aliphatic carbocycles. The number of anilines is 1. The smallest absolute Gasteiger partial charge is 0.292 e. The Hall–Kier alpha value is -4.05. The van der Waals surface area contributed by atoms with Gasteiger partial charge in [-0.25, -0.2) is 9.37 Å². The second kappa shape index (κ2) is 9.21. The number of nitrogens with zero attached hydrogens (tertiary/aromatic N) is 3. The van der Waals surface area contributed by atoms with Crippen LogP contribution in [0.15, 0.2) is 82.7 Å². The van der Waals surface area contributed by atoms with Crippen LogP contribution in [-0.4, -0.2) is 25.6 Å². The van der Waals surface area contributed by atoms with Crippen molar-refractivity contribution in [3.05, 3.63) is 99.1 Å². The summed E-state index contributed by atoms with van der Waals surface area (Å²) >= 11 is 1.02. The van der Waals surface area contributed by atoms with E-state index in [-0.39, 0.29) is 22.1 Å². The minimum atomic E-state index is -0.760. The van der Waals surface area contributed by atoms with E-state index >= 15 is 0 Å². The second-order valence-electron chi connectivity index (χ2n) is 7.05. The van der Waals surface area contributed by atoms with Crippen molar-refractivity contribution in [1.82, 2.24) is 9.55 Å². The fourth-order valence-electron chi connectivity index (χ4n) is 3.19. The number of carbonyl (C=O) groups excluding carboxylic acids is 1. The van der Waals surface area contributed by atoms with E-state index in [0.29, 0.717) is 16.6 Å². The summed E-state index contributed by atoms with van der Waals surface area (Å²) in [4.78, 5) is 41.3. The van der Waals surface area contributed by atoms with Crippen LogP contribution in [0.5, 0.6) is 0 Å². The zero-order valence-corrected chi connectivity index (χ0v) is 18.1. The van der Waals surface area contributed by atoms with Crippen molar-refractivity contribution in [3.63, 3.8) is 0 Å². The number of thioether (sulfide) groups is 1. The molecule has 0 aliphatic heterocycles. The standard InChI is InChI=1S/C23H17FN4O4S/c1-14(21(29)25-19-8-4-5-9-20(19)28(31)32)33-23-26-18-7-3-2-6-17(18)22(30)27(23)16-12-10-15(24)11-13-16/h2-14H,1H3,(H,25,29). The first-order valence-electron chi connectivity index (χ1n) is 9.84. The molecule has 1 amide bonds. The Kier molecular flexibility index (Phi) is 6.18. The largest absolute Gasteiger partial charge is 0.319 e. The number of amides is 1. The molecule has 1 aromatic heterocycles. The second-order valence-corrected chi connectivity index (χ2v) is 8.36. The normalized spacial score (nSPS) is 11.8. The zero-order chi connectivity index (χ0) is 23.5. The molecule has 166 valence electrons. The van der Waals surface area contributed by atoms with Crippen molar-refractivity contribution in [2.24, 2.45) is 0 Å². The topological polar surface area (TPSA) is 107 Å². The minimum Gasteiger partial charge on any atom is -0.319 e. The van der Waals surface area contributed by atoms with Crippen LogP contribution in [0, 0.1) is 15.9 Å². The first kappa shape index (κ1) is 22.2. The molecule has 0 fully saturated rings. The van der Waals surface area contributed by atoms with Gasteiger partial charge in [-0.05, 0) is 49.4 Å². The molecule has 0 bridgehead atoms. The van der Waals surface area contributed by atoms with Gasteiger partial charge in [-0.2, -0.15) is 0 Å². The molecule has 0 spiro atoms. The van der Waals surface area contributed by atoms with E-state index < -0.39 is 21.9 Å². The Morgan fingerprint density at radius 1 is 1.09 bits per heavy atom. The van der Waals surface area contributed by atoms with Crippen LogP contribution in [0.3, 0.4) is 0 Å². The highest BCUT2D eigenvalue weighted by Crippen LogP contribution is 2.28. The Bertz CT molecular complexity index is 1420. The SMILES string of the molecule is CC(Sc1nc2ccccc2c(=O)n1-c1ccc(F)cc1)C(=O)Nc1ccccc1[N+](=O)[O-]. The van der Waals surface area contributed by atoms with Crippen LogP contribution in [0.1, 0.15) is 6.92 Å². The number of para-hydroxylation sites is 3. The lowest BCUT2D eigenvalue weighted by Crippen LogP contribution is -2.26. The molecule has 3 aromatic carbocycles. The van der Waals surface area contributed by atoms with Crippen molar-refractivity contribution in [2.75, 3.05) is 5.32 Å². The van der Waals surface area contributed by atoms with Crippen LogP contribution < -0.4 is 10.9 Å². The monoisotopic (exact) mass is 464 g/mol. The number of nitro groups is 1. The van der Waals surface area contributed by atoms with Gasteiger partial charge in [0.05, 0.1) is 26.8 Å². The van der Waals surface area contributed by atoms with E-state index in [1.54, 1.807) is 37.3 Å². The first-order chi connectivity index (χ1) is 15.8. The van der Waals surface area contributed by atoms with Gasteiger partial charge < -0.3 is 5.32 Å². The van der Waals surface area contributed by atoms with E-state index in [1.165, 1.54) is 47.0 Å². The van der Waals surface area contributed by atoms with E-state index in [2.05, 4.69) is 10.3 Å². The molecular formula is C23H17FN4O4S. The molecule has 1 heterocycles. The summed E-state index contributed by atoms with van der Waals surface area (Å²) in [5, 5.41) is 13.6. The highest BCUT2D eigenvalue weighted by molar-refractivity contribution is 8.00. The van der Waals surface area contributed by atoms with Crippen LogP contribution in [0.2, 0.25) is 0 Å². The molecule has 8 nitrogen and oxygen atoms in total. The molecule has 33 heavy (non-hydrogen) atoms. The summed E-state index contributed by atoms with van der Waals surface area (Å²) in [7, 11) is 0. The number of fused-ring (bicyclic) bond motifs is 1. The molecular weight excluding hydrogens is 447 g/mol. The number of rotatable bonds is 6. The van der Waals surface area contributed by atoms with Gasteiger partial charge in [0, 0.05) is 6.07 Å². The number of aromatic nitrogens is 2. The van der Waals surface area contributed by atoms with E-state index in [9.17, 15) is 24.1 Å². The van der Waals surface area contributed by atoms with Gasteiger partial charge in [0.15, 0.2) is 5.16 Å². The third-order valence-corrected chi connectivity index (χ3v) is 5.89. The minimum absolute atomic E-state index is 0.0716. The number of hydrogen-bond acceptors (Lipinski definition) is 6. The van der Waals surface area contributed by atoms with Gasteiger partial charge in [-0.3, -0.25) is 24.3 Å². The first-order valence-corrected chi connectivity index (χ1v) is 10.7. The number of hydrogen-bond donors (Lipinski definition) is 1. The number of carbonyl (C=O) groups is 1. The van der Waals surface area contributed by atoms with Crippen LogP contribution in [0.4, 0.5) is 15.8 Å². The summed E-state index contributed by atoms with van der Waals surface area (Å²) in [6.07, 6.45) is 0. The van der Waals surface area contributed by atoms with Crippen molar-refractivity contribution >= 4 is 39.9 Å². The third-order valence-electron chi connectivity index (χ3n) is 4.84. The number of nitro benzene ring substituents is 1. The van der Waals surface area contributed by atoms with E-state index in [1.807, 2.05) is 0 Å². The van der Waals surface area contributed by atoms with Crippen LogP contribution in [-0.2, 0) is 4.79 Å². The molecule has 1 atom stereocenters. The van der Waals surface area contributed by atoms with Crippen molar-refractivity contribution in [1.29, 1.82) is 0 Å². The molecule has 1 N–H and O–H groups in total. The lowest BCUT2D eigenvalue weighted by atomic mass is 10.2. The van der Waals surface area contributed by atoms with Gasteiger partial charge in [-0.15, -0.1) is 0 Å². The fraction of sp³-hybridized carbons (Fsp3) is 0.0870. The lowest BCUT2D eigenvalue weighted by Gasteiger charge is -2.16. The van der Waals surface area contributed by atoms with E-state index in [4.69, 9.17) is 0 Å². The Labute approximate surface area is 191 Å². The molecule has 4 aromatic rings. The Morgan fingerprint density at radius 2 is 1.76 bits per heavy atom. The number of benzene rings is 3. The van der Waals surface area contributed by atoms with Crippen molar-refractivity contribution < 1.29 is 14.1 Å². The van der Waals surface area contributed by atoms with Gasteiger partial charge >= 0.3 is 0 Å². The molecule has 4 rings (SSSR count). The lowest BCUT2D eigenvalue weighted by molar-refractivity contribution is -0.383. The summed E-state index contributed by atoms with van der Waals surface area (Å²) in [5.41, 5.74) is 0.335. The van der Waals surface area contributed by atoms with Gasteiger partial charge in [-0.1, -0.05) is 36.0 Å². The fourth-order valence-corrected chi connectivity index (χ4v) is 4.12. The summed E-state index contributed by atoms with van der Waals surface area (Å²) in [5.74, 6) is -0.950. The Balaban J connectivity index is 1.71. The van der Waals surface area contributed by atoms with Gasteiger partial charge in [0.2, 0.25) is 5.91 Å². The third kappa shape index (κ3) is 4.60. The molecule has 0 saturated carbocycles. The highest BCUT2D eigenvalue weighted by Gasteiger charge is 2.23. The molecule has 0 radical (unpaired) electrons. The molecule has 0 aliphatic rings. The van der Waals surface area contributed by atoms with Gasteiger partial charge in [0.25, 0.3) is 11.2 Å². The number of nitrogens with one attached hydrogen (secondary N) is 1. The maximum absolute atomic E-state index is 13.5. The molecule has 1 unspecified atom stereocenters. The van der Waals surface area contributed by atoms with Gasteiger partial charge in [0.1, 0.15) is 11.5 Å². The van der Waals surface area contributed by atoms with Crippen LogP contribution >= 0.6 is 11.8 Å². The average molecular weight is 464 g/mol. The Morgan fingerprint density at radius 3 is 2.48 bits per heavy atom.